The molecule has 2 rings (SSSR count). The number of hydrogen-bond donors (Lipinski definition) is 0. The van der Waals surface area contributed by atoms with Crippen LogP contribution in [0.25, 0.3) is 0 Å². The lowest BCUT2D eigenvalue weighted by atomic mass is 9.86. The molecule has 0 N–H and O–H groups in total. The Morgan fingerprint density at radius 3 is 2.56 bits per heavy atom. The molecule has 1 aliphatic carbocycles. The van der Waals surface area contributed by atoms with Crippen molar-refractivity contribution in [2.75, 3.05) is 0 Å². The van der Waals surface area contributed by atoms with Crippen molar-refractivity contribution in [2.45, 2.75) is 51.0 Å². The van der Waals surface area contributed by atoms with Gasteiger partial charge >= 0.3 is 0 Å². The highest BCUT2D eigenvalue weighted by atomic mass is 35.5. The molecule has 0 bridgehead atoms. The van der Waals surface area contributed by atoms with E-state index in [1.807, 2.05) is 6.07 Å². The zero-order valence-electron chi connectivity index (χ0n) is 10.8. The van der Waals surface area contributed by atoms with Crippen LogP contribution >= 0.6 is 11.6 Å². The third kappa shape index (κ3) is 3.61. The van der Waals surface area contributed by atoms with Crippen LogP contribution < -0.4 is 4.74 Å². The lowest BCUT2D eigenvalue weighted by Gasteiger charge is -2.28. The van der Waals surface area contributed by atoms with Crippen LogP contribution in [0.3, 0.4) is 0 Å². The number of alkyl halides is 1. The second-order valence-corrected chi connectivity index (χ2v) is 5.36. The SMILES string of the molecule is CCC1CCC(Oc2cc(F)cc(CCl)c2)CC1. The standard InChI is InChI=1S/C15H20ClFO/c1-2-11-3-5-14(6-4-11)18-15-8-12(10-16)7-13(17)9-15/h7-9,11,14H,2-6,10H2,1H3. The number of rotatable bonds is 4. The summed E-state index contributed by atoms with van der Waals surface area (Å²) in [5, 5.41) is 0. The van der Waals surface area contributed by atoms with Gasteiger partial charge in [-0.3, -0.25) is 0 Å². The quantitative estimate of drug-likeness (QED) is 0.706. The maximum Gasteiger partial charge on any atom is 0.127 e. The fourth-order valence-corrected chi connectivity index (χ4v) is 2.77. The van der Waals surface area contributed by atoms with Gasteiger partial charge in [0.2, 0.25) is 0 Å². The fourth-order valence-electron chi connectivity index (χ4n) is 2.62. The molecule has 1 fully saturated rings. The van der Waals surface area contributed by atoms with Gasteiger partial charge in [-0.15, -0.1) is 11.6 Å². The summed E-state index contributed by atoms with van der Waals surface area (Å²) >= 11 is 5.73. The molecule has 0 saturated heterocycles. The molecule has 0 aromatic heterocycles. The first kappa shape index (κ1) is 13.7. The summed E-state index contributed by atoms with van der Waals surface area (Å²) in [5.74, 6) is 1.50. The van der Waals surface area contributed by atoms with E-state index < -0.39 is 0 Å². The zero-order valence-corrected chi connectivity index (χ0v) is 11.5. The van der Waals surface area contributed by atoms with E-state index in [0.29, 0.717) is 11.6 Å². The molecular weight excluding hydrogens is 251 g/mol. The molecule has 0 spiro atoms. The molecule has 100 valence electrons. The van der Waals surface area contributed by atoms with Gasteiger partial charge in [0, 0.05) is 11.9 Å². The van der Waals surface area contributed by atoms with E-state index in [9.17, 15) is 4.39 Å². The number of benzene rings is 1. The van der Waals surface area contributed by atoms with E-state index in [4.69, 9.17) is 16.3 Å². The molecule has 0 amide bonds. The summed E-state index contributed by atoms with van der Waals surface area (Å²) in [4.78, 5) is 0. The van der Waals surface area contributed by atoms with E-state index in [1.54, 1.807) is 0 Å². The maximum absolute atomic E-state index is 13.3. The topological polar surface area (TPSA) is 9.23 Å². The second-order valence-electron chi connectivity index (χ2n) is 5.10. The second kappa shape index (κ2) is 6.42. The minimum atomic E-state index is -0.273. The number of ether oxygens (including phenoxy) is 1. The van der Waals surface area contributed by atoms with Crippen molar-refractivity contribution in [1.29, 1.82) is 0 Å². The van der Waals surface area contributed by atoms with Crippen molar-refractivity contribution in [2.24, 2.45) is 5.92 Å². The smallest absolute Gasteiger partial charge is 0.127 e. The van der Waals surface area contributed by atoms with Crippen LogP contribution in [0.5, 0.6) is 5.75 Å². The van der Waals surface area contributed by atoms with Crippen molar-refractivity contribution >= 4 is 11.6 Å². The summed E-state index contributed by atoms with van der Waals surface area (Å²) in [6.07, 6.45) is 6.08. The molecule has 0 heterocycles. The largest absolute Gasteiger partial charge is 0.490 e. The minimum absolute atomic E-state index is 0.234. The van der Waals surface area contributed by atoms with E-state index in [0.717, 1.165) is 24.3 Å². The van der Waals surface area contributed by atoms with Gasteiger partial charge in [0.05, 0.1) is 6.10 Å². The van der Waals surface area contributed by atoms with Crippen LogP contribution in [-0.2, 0) is 5.88 Å². The monoisotopic (exact) mass is 270 g/mol. The Morgan fingerprint density at radius 1 is 1.22 bits per heavy atom. The van der Waals surface area contributed by atoms with Gasteiger partial charge in [0.15, 0.2) is 0 Å². The van der Waals surface area contributed by atoms with Gasteiger partial charge in [0.1, 0.15) is 11.6 Å². The molecule has 1 saturated carbocycles. The first-order chi connectivity index (χ1) is 8.71. The fraction of sp³-hybridized carbons (Fsp3) is 0.600. The lowest BCUT2D eigenvalue weighted by Crippen LogP contribution is -2.23. The van der Waals surface area contributed by atoms with Crippen LogP contribution in [0.1, 0.15) is 44.6 Å². The van der Waals surface area contributed by atoms with Crippen LogP contribution in [0.4, 0.5) is 4.39 Å². The van der Waals surface area contributed by atoms with E-state index in [-0.39, 0.29) is 11.9 Å². The third-order valence-electron chi connectivity index (χ3n) is 3.76. The predicted octanol–water partition coefficient (Wildman–Crippen LogP) is 4.91. The first-order valence-corrected chi connectivity index (χ1v) is 7.26. The molecule has 3 heteroatoms. The molecule has 0 aliphatic heterocycles. The third-order valence-corrected chi connectivity index (χ3v) is 4.07. The maximum atomic E-state index is 13.3. The van der Waals surface area contributed by atoms with Gasteiger partial charge in [-0.1, -0.05) is 13.3 Å². The normalized spacial score (nSPS) is 23.9. The van der Waals surface area contributed by atoms with Crippen molar-refractivity contribution in [3.05, 3.63) is 29.6 Å². The van der Waals surface area contributed by atoms with Gasteiger partial charge in [-0.25, -0.2) is 4.39 Å². The van der Waals surface area contributed by atoms with Crippen molar-refractivity contribution in [1.82, 2.24) is 0 Å². The summed E-state index contributed by atoms with van der Waals surface area (Å²) < 4.78 is 19.2. The molecule has 0 atom stereocenters. The molecule has 0 radical (unpaired) electrons. The summed E-state index contributed by atoms with van der Waals surface area (Å²) in [5.41, 5.74) is 0.772. The average Bonchev–Trinajstić information content (AvgIpc) is 2.39. The van der Waals surface area contributed by atoms with E-state index in [2.05, 4.69) is 6.92 Å². The van der Waals surface area contributed by atoms with Crippen LogP contribution in [-0.4, -0.2) is 6.10 Å². The summed E-state index contributed by atoms with van der Waals surface area (Å²) in [7, 11) is 0. The number of hydrogen-bond acceptors (Lipinski definition) is 1. The Balaban J connectivity index is 1.95. The first-order valence-electron chi connectivity index (χ1n) is 6.73. The zero-order chi connectivity index (χ0) is 13.0. The molecule has 1 nitrogen and oxygen atoms in total. The van der Waals surface area contributed by atoms with Crippen molar-refractivity contribution in [3.8, 4) is 5.75 Å². The lowest BCUT2D eigenvalue weighted by molar-refractivity contribution is 0.129. The summed E-state index contributed by atoms with van der Waals surface area (Å²) in [6, 6.07) is 4.73. The van der Waals surface area contributed by atoms with Gasteiger partial charge < -0.3 is 4.74 Å². The molecule has 18 heavy (non-hydrogen) atoms. The Bertz CT molecular complexity index is 386. The van der Waals surface area contributed by atoms with Gasteiger partial charge in [0.25, 0.3) is 0 Å². The van der Waals surface area contributed by atoms with Crippen molar-refractivity contribution < 1.29 is 9.13 Å². The molecule has 1 aromatic carbocycles. The van der Waals surface area contributed by atoms with E-state index in [1.165, 1.54) is 31.4 Å². The summed E-state index contributed by atoms with van der Waals surface area (Å²) in [6.45, 7) is 2.24. The Kier molecular flexibility index (Phi) is 4.87. The van der Waals surface area contributed by atoms with Gasteiger partial charge in [-0.2, -0.15) is 0 Å². The van der Waals surface area contributed by atoms with Crippen LogP contribution in [0, 0.1) is 11.7 Å². The minimum Gasteiger partial charge on any atom is -0.490 e. The Hall–Kier alpha value is -0.760. The van der Waals surface area contributed by atoms with Crippen molar-refractivity contribution in [3.63, 3.8) is 0 Å². The van der Waals surface area contributed by atoms with Gasteiger partial charge in [-0.05, 0) is 49.3 Å². The average molecular weight is 271 g/mol. The molecular formula is C15H20ClFO. The Morgan fingerprint density at radius 2 is 1.94 bits per heavy atom. The number of halogens is 2. The molecule has 0 unspecified atom stereocenters. The predicted molar refractivity (Wildman–Crippen MR) is 72.6 cm³/mol. The van der Waals surface area contributed by atoms with Crippen LogP contribution in [0.15, 0.2) is 18.2 Å². The highest BCUT2D eigenvalue weighted by Crippen LogP contribution is 2.30. The van der Waals surface area contributed by atoms with Crippen LogP contribution in [0.2, 0.25) is 0 Å². The Labute approximate surface area is 113 Å². The highest BCUT2D eigenvalue weighted by molar-refractivity contribution is 6.17. The highest BCUT2D eigenvalue weighted by Gasteiger charge is 2.21. The molecule has 1 aliphatic rings. The van der Waals surface area contributed by atoms with E-state index >= 15 is 0 Å². The molecule has 1 aromatic rings.